The predicted molar refractivity (Wildman–Crippen MR) is 89.7 cm³/mol. The Morgan fingerprint density at radius 1 is 1.32 bits per heavy atom. The van der Waals surface area contributed by atoms with Crippen molar-refractivity contribution in [1.29, 1.82) is 0 Å². The first-order chi connectivity index (χ1) is 12.2. The lowest BCUT2D eigenvalue weighted by atomic mass is 10.1. The summed E-state index contributed by atoms with van der Waals surface area (Å²) in [5.74, 6) is 1.44. The van der Waals surface area contributed by atoms with E-state index in [1.807, 2.05) is 37.4 Å². The predicted octanol–water partition coefficient (Wildman–Crippen LogP) is 1.82. The Balaban J connectivity index is 1.53. The molecule has 0 aliphatic carbocycles. The van der Waals surface area contributed by atoms with Crippen molar-refractivity contribution in [3.63, 3.8) is 0 Å². The number of aryl methyl sites for hydroxylation is 1. The number of carbonyl (C=O) groups excluding carboxylic acids is 1. The topological polar surface area (TPSA) is 95.1 Å². The van der Waals surface area contributed by atoms with E-state index in [-0.39, 0.29) is 18.9 Å². The van der Waals surface area contributed by atoms with Crippen molar-refractivity contribution >= 4 is 5.91 Å². The zero-order valence-electron chi connectivity index (χ0n) is 14.1. The third-order valence-electron chi connectivity index (χ3n) is 3.64. The highest BCUT2D eigenvalue weighted by Gasteiger charge is 2.11. The molecule has 1 aromatic carbocycles. The molecular formula is C17H19N5O3. The lowest BCUT2D eigenvalue weighted by Crippen LogP contribution is -2.24. The van der Waals surface area contributed by atoms with E-state index < -0.39 is 0 Å². The molecule has 8 heteroatoms. The third kappa shape index (κ3) is 4.23. The van der Waals surface area contributed by atoms with E-state index in [0.29, 0.717) is 11.7 Å². The molecule has 8 nitrogen and oxygen atoms in total. The van der Waals surface area contributed by atoms with Gasteiger partial charge in [-0.05, 0) is 24.6 Å². The van der Waals surface area contributed by atoms with Crippen molar-refractivity contribution in [2.45, 2.75) is 26.4 Å². The van der Waals surface area contributed by atoms with Gasteiger partial charge in [0.1, 0.15) is 5.75 Å². The number of amides is 1. The van der Waals surface area contributed by atoms with Crippen LogP contribution < -0.4 is 10.1 Å². The molecule has 0 spiro atoms. The number of hydrogen-bond donors (Lipinski definition) is 1. The summed E-state index contributed by atoms with van der Waals surface area (Å²) in [6.07, 6.45) is 3.80. The molecule has 1 N–H and O–H groups in total. The Bertz CT molecular complexity index is 838. The molecule has 0 saturated carbocycles. The van der Waals surface area contributed by atoms with Gasteiger partial charge < -0.3 is 14.6 Å². The van der Waals surface area contributed by atoms with Crippen molar-refractivity contribution in [2.75, 3.05) is 7.11 Å². The molecule has 0 unspecified atom stereocenters. The number of ether oxygens (including phenoxy) is 1. The summed E-state index contributed by atoms with van der Waals surface area (Å²) in [4.78, 5) is 16.3. The van der Waals surface area contributed by atoms with E-state index in [1.54, 1.807) is 18.0 Å². The van der Waals surface area contributed by atoms with E-state index >= 15 is 0 Å². The number of nitrogens with zero attached hydrogens (tertiary/aromatic N) is 4. The Hall–Kier alpha value is -3.16. The van der Waals surface area contributed by atoms with Gasteiger partial charge in [0, 0.05) is 12.7 Å². The number of aromatic nitrogens is 4. The molecule has 130 valence electrons. The molecule has 1 amide bonds. The summed E-state index contributed by atoms with van der Waals surface area (Å²) in [5, 5.41) is 10.9. The Morgan fingerprint density at radius 2 is 2.12 bits per heavy atom. The van der Waals surface area contributed by atoms with Gasteiger partial charge in [-0.15, -0.1) is 0 Å². The van der Waals surface area contributed by atoms with Gasteiger partial charge in [0.2, 0.25) is 17.6 Å². The molecule has 2 aromatic heterocycles. The summed E-state index contributed by atoms with van der Waals surface area (Å²) in [7, 11) is 1.60. The van der Waals surface area contributed by atoms with E-state index in [1.165, 1.54) is 0 Å². The number of nitrogens with one attached hydrogen (secondary N) is 1. The number of carbonyl (C=O) groups is 1. The first-order valence-corrected chi connectivity index (χ1v) is 7.93. The fourth-order valence-corrected chi connectivity index (χ4v) is 2.26. The largest absolute Gasteiger partial charge is 0.497 e. The van der Waals surface area contributed by atoms with Crippen LogP contribution in [-0.2, 0) is 24.3 Å². The van der Waals surface area contributed by atoms with Crippen LogP contribution in [0.2, 0.25) is 0 Å². The van der Waals surface area contributed by atoms with Gasteiger partial charge in [0.05, 0.1) is 31.8 Å². The Labute approximate surface area is 144 Å². The van der Waals surface area contributed by atoms with Crippen LogP contribution in [0.3, 0.4) is 0 Å². The quantitative estimate of drug-likeness (QED) is 0.704. The Kier molecular flexibility index (Phi) is 5.08. The second-order valence-corrected chi connectivity index (χ2v) is 5.40. The third-order valence-corrected chi connectivity index (χ3v) is 3.64. The maximum Gasteiger partial charge on any atom is 0.246 e. The van der Waals surface area contributed by atoms with Crippen molar-refractivity contribution in [3.05, 3.63) is 48.1 Å². The maximum atomic E-state index is 12.0. The van der Waals surface area contributed by atoms with Gasteiger partial charge >= 0.3 is 0 Å². The zero-order chi connectivity index (χ0) is 17.6. The summed E-state index contributed by atoms with van der Waals surface area (Å²) in [6.45, 7) is 2.95. The van der Waals surface area contributed by atoms with Crippen LogP contribution in [0, 0.1) is 0 Å². The highest BCUT2D eigenvalue weighted by Crippen LogP contribution is 2.15. The van der Waals surface area contributed by atoms with Crippen LogP contribution in [0.4, 0.5) is 0 Å². The molecule has 0 radical (unpaired) electrons. The zero-order valence-corrected chi connectivity index (χ0v) is 14.1. The second kappa shape index (κ2) is 7.61. The molecule has 0 atom stereocenters. The van der Waals surface area contributed by atoms with Gasteiger partial charge in [-0.25, -0.2) is 0 Å². The average Bonchev–Trinajstić information content (AvgIpc) is 3.29. The first-order valence-electron chi connectivity index (χ1n) is 7.93. The average molecular weight is 341 g/mol. The maximum absolute atomic E-state index is 12.0. The van der Waals surface area contributed by atoms with Gasteiger partial charge in [0.25, 0.3) is 0 Å². The van der Waals surface area contributed by atoms with Crippen molar-refractivity contribution in [2.24, 2.45) is 0 Å². The second-order valence-electron chi connectivity index (χ2n) is 5.40. The Morgan fingerprint density at radius 3 is 2.80 bits per heavy atom. The van der Waals surface area contributed by atoms with Gasteiger partial charge in [-0.3, -0.25) is 9.48 Å². The summed E-state index contributed by atoms with van der Waals surface area (Å²) in [6, 6.07) is 7.36. The summed E-state index contributed by atoms with van der Waals surface area (Å²) >= 11 is 0. The molecule has 3 aromatic rings. The lowest BCUT2D eigenvalue weighted by molar-refractivity contribution is -0.120. The molecule has 0 fully saturated rings. The minimum atomic E-state index is -0.122. The van der Waals surface area contributed by atoms with E-state index in [0.717, 1.165) is 23.4 Å². The molecule has 0 bridgehead atoms. The van der Waals surface area contributed by atoms with Crippen molar-refractivity contribution in [3.8, 4) is 17.1 Å². The van der Waals surface area contributed by atoms with Crippen LogP contribution >= 0.6 is 0 Å². The highest BCUT2D eigenvalue weighted by molar-refractivity contribution is 5.78. The van der Waals surface area contributed by atoms with Crippen LogP contribution in [0.1, 0.15) is 18.4 Å². The van der Waals surface area contributed by atoms with Gasteiger partial charge in [0.15, 0.2) is 0 Å². The number of methoxy groups -OCH3 is 1. The van der Waals surface area contributed by atoms with Crippen LogP contribution in [0.25, 0.3) is 11.4 Å². The van der Waals surface area contributed by atoms with E-state index in [9.17, 15) is 4.79 Å². The minimum Gasteiger partial charge on any atom is -0.497 e. The fraction of sp³-hybridized carbons (Fsp3) is 0.294. The monoisotopic (exact) mass is 341 g/mol. The van der Waals surface area contributed by atoms with Crippen LogP contribution in [0.15, 0.2) is 41.2 Å². The van der Waals surface area contributed by atoms with Gasteiger partial charge in [-0.1, -0.05) is 17.3 Å². The molecule has 0 saturated heterocycles. The molecule has 3 rings (SSSR count). The minimum absolute atomic E-state index is 0.122. The van der Waals surface area contributed by atoms with E-state index in [2.05, 4.69) is 20.6 Å². The fourth-order valence-electron chi connectivity index (χ4n) is 2.26. The highest BCUT2D eigenvalue weighted by atomic mass is 16.5. The first kappa shape index (κ1) is 16.7. The van der Waals surface area contributed by atoms with Crippen molar-refractivity contribution in [1.82, 2.24) is 25.2 Å². The molecule has 0 aliphatic heterocycles. The number of rotatable bonds is 7. The van der Waals surface area contributed by atoms with Gasteiger partial charge in [-0.2, -0.15) is 10.1 Å². The molecule has 0 aliphatic rings. The standard InChI is InChI=1S/C17H19N5O3/c1-3-22-11-13(9-19-22)17-20-16(25-21-17)10-18-15(23)8-12-4-6-14(24-2)7-5-12/h4-7,9,11H,3,8,10H2,1-2H3,(H,18,23). The van der Waals surface area contributed by atoms with Crippen LogP contribution in [0.5, 0.6) is 5.75 Å². The lowest BCUT2D eigenvalue weighted by Gasteiger charge is -2.04. The van der Waals surface area contributed by atoms with Crippen LogP contribution in [-0.4, -0.2) is 32.9 Å². The molecular weight excluding hydrogens is 322 g/mol. The normalized spacial score (nSPS) is 10.6. The summed E-state index contributed by atoms with van der Waals surface area (Å²) < 4.78 is 12.0. The SMILES string of the molecule is CCn1cc(-c2noc(CNC(=O)Cc3ccc(OC)cc3)n2)cn1. The molecule has 2 heterocycles. The van der Waals surface area contributed by atoms with Crippen molar-refractivity contribution < 1.29 is 14.1 Å². The van der Waals surface area contributed by atoms with E-state index in [4.69, 9.17) is 9.26 Å². The smallest absolute Gasteiger partial charge is 0.246 e. The summed E-state index contributed by atoms with van der Waals surface area (Å²) in [5.41, 5.74) is 1.68. The number of hydrogen-bond acceptors (Lipinski definition) is 6. The number of benzene rings is 1. The molecule has 25 heavy (non-hydrogen) atoms.